The van der Waals surface area contributed by atoms with E-state index in [1.54, 1.807) is 0 Å². The quantitative estimate of drug-likeness (QED) is 0.540. The summed E-state index contributed by atoms with van der Waals surface area (Å²) >= 11 is 0. The summed E-state index contributed by atoms with van der Waals surface area (Å²) in [5.74, 6) is -0.950. The Balaban J connectivity index is 1.78. The molecule has 0 bridgehead atoms. The highest BCUT2D eigenvalue weighted by molar-refractivity contribution is 7.12. The van der Waals surface area contributed by atoms with Gasteiger partial charge in [0.15, 0.2) is 0 Å². The average Bonchev–Trinajstić information content (AvgIpc) is 1.76. The van der Waals surface area contributed by atoms with Crippen LogP contribution in [0.1, 0.15) is 27.7 Å². The molecule has 0 unspecified atom stereocenters. The van der Waals surface area contributed by atoms with Crippen LogP contribution in [-0.4, -0.2) is 25.6 Å². The van der Waals surface area contributed by atoms with Gasteiger partial charge in [-0.2, -0.15) is 0 Å². The molecule has 2 aliphatic rings. The minimum atomic E-state index is -0.475. The zero-order valence-corrected chi connectivity index (χ0v) is 7.79. The van der Waals surface area contributed by atoms with Gasteiger partial charge < -0.3 is 18.6 Å². The van der Waals surface area contributed by atoms with Gasteiger partial charge in [-0.05, 0) is 27.7 Å². The Morgan fingerprint density at radius 1 is 0.667 bits per heavy atom. The first-order valence-electron chi connectivity index (χ1n) is 4.09. The second-order valence-corrected chi connectivity index (χ2v) is 4.01. The molecule has 12 heavy (non-hydrogen) atoms. The molecule has 0 aliphatic carbocycles. The van der Waals surface area contributed by atoms with Crippen molar-refractivity contribution in [1.82, 2.24) is 0 Å². The van der Waals surface area contributed by atoms with Crippen molar-refractivity contribution in [3.63, 3.8) is 0 Å². The van der Waals surface area contributed by atoms with Crippen LogP contribution in [0.25, 0.3) is 0 Å². The summed E-state index contributed by atoms with van der Waals surface area (Å²) in [5.41, 5.74) is 0. The summed E-state index contributed by atoms with van der Waals surface area (Å²) in [6.07, 6.45) is 0. The van der Waals surface area contributed by atoms with Gasteiger partial charge in [-0.1, -0.05) is 0 Å². The summed E-state index contributed by atoms with van der Waals surface area (Å²) in [6, 6.07) is 0. The van der Waals surface area contributed by atoms with Crippen molar-refractivity contribution < 1.29 is 18.6 Å². The summed E-state index contributed by atoms with van der Waals surface area (Å²) in [7, 11) is -0.707. The highest BCUT2D eigenvalue weighted by Crippen LogP contribution is 2.34. The van der Waals surface area contributed by atoms with Crippen molar-refractivity contribution in [1.29, 1.82) is 0 Å². The Labute approximate surface area is 72.8 Å². The Morgan fingerprint density at radius 2 is 0.917 bits per heavy atom. The highest BCUT2D eigenvalue weighted by Gasteiger charge is 2.61. The molecular formula is C6H12B2O4. The maximum absolute atomic E-state index is 5.35. The van der Waals surface area contributed by atoms with Crippen molar-refractivity contribution in [2.75, 3.05) is 0 Å². The largest absolute Gasteiger partial charge is 0.492 e. The number of hydrogen-bond donors (Lipinski definition) is 0. The first-order chi connectivity index (χ1) is 5.38. The van der Waals surface area contributed by atoms with Gasteiger partial charge in [0.25, 0.3) is 0 Å². The van der Waals surface area contributed by atoms with Crippen LogP contribution in [0.15, 0.2) is 0 Å². The molecule has 0 atom stereocenters. The third-order valence-corrected chi connectivity index (χ3v) is 1.82. The molecule has 2 rings (SSSR count). The molecule has 4 nitrogen and oxygen atoms in total. The Hall–Kier alpha value is -0.0301. The SMILES string of the molecule is CC1(C)OB(B2OC(C)(C)O2)O1. The third-order valence-electron chi connectivity index (χ3n) is 1.82. The Bertz CT molecular complexity index is 168. The van der Waals surface area contributed by atoms with E-state index in [1.807, 2.05) is 27.7 Å². The molecule has 2 fully saturated rings. The maximum atomic E-state index is 5.35. The van der Waals surface area contributed by atoms with Crippen LogP contribution in [0.2, 0.25) is 0 Å². The highest BCUT2D eigenvalue weighted by atomic mass is 16.9. The fraction of sp³-hybridized carbons (Fsp3) is 1.00. The second-order valence-electron chi connectivity index (χ2n) is 4.01. The zero-order chi connectivity index (χ0) is 8.98. The van der Waals surface area contributed by atoms with Crippen molar-refractivity contribution >= 4 is 14.0 Å². The summed E-state index contributed by atoms with van der Waals surface area (Å²) in [5, 5.41) is 0. The van der Waals surface area contributed by atoms with Crippen molar-refractivity contribution in [2.45, 2.75) is 39.3 Å². The van der Waals surface area contributed by atoms with Crippen molar-refractivity contribution in [3.05, 3.63) is 0 Å². The van der Waals surface area contributed by atoms with Gasteiger partial charge in [0, 0.05) is 0 Å². The van der Waals surface area contributed by atoms with E-state index in [4.69, 9.17) is 18.6 Å². The summed E-state index contributed by atoms with van der Waals surface area (Å²) in [6.45, 7) is 7.42. The van der Waals surface area contributed by atoms with Crippen LogP contribution in [0.5, 0.6) is 0 Å². The van der Waals surface area contributed by atoms with E-state index in [-0.39, 0.29) is 14.0 Å². The molecule has 2 heterocycles. The lowest BCUT2D eigenvalue weighted by atomic mass is 9.44. The second kappa shape index (κ2) is 2.26. The monoisotopic (exact) mass is 170 g/mol. The number of rotatable bonds is 1. The molecule has 0 amide bonds. The summed E-state index contributed by atoms with van der Waals surface area (Å²) in [4.78, 5) is 0. The smallest absolute Gasteiger partial charge is 0.386 e. The fourth-order valence-corrected chi connectivity index (χ4v) is 1.36. The zero-order valence-electron chi connectivity index (χ0n) is 7.79. The molecule has 0 radical (unpaired) electrons. The standard InChI is InChI=1S/C6H12B2O4/c1-5(2)9-7(10-5)8-11-6(3,4)12-8/h1-4H3. The van der Waals surface area contributed by atoms with Crippen LogP contribution >= 0.6 is 0 Å². The molecule has 6 heteroatoms. The molecule has 66 valence electrons. The normalized spacial score (nSPS) is 31.0. The third kappa shape index (κ3) is 1.40. The van der Waals surface area contributed by atoms with E-state index in [2.05, 4.69) is 0 Å². The molecule has 0 aromatic rings. The first-order valence-corrected chi connectivity index (χ1v) is 4.09. The van der Waals surface area contributed by atoms with Crippen LogP contribution in [-0.2, 0) is 18.6 Å². The van der Waals surface area contributed by atoms with E-state index < -0.39 is 11.6 Å². The van der Waals surface area contributed by atoms with Crippen LogP contribution < -0.4 is 0 Å². The lowest BCUT2D eigenvalue weighted by Gasteiger charge is -2.49. The average molecular weight is 170 g/mol. The molecule has 0 N–H and O–H groups in total. The van der Waals surface area contributed by atoms with E-state index in [1.165, 1.54) is 0 Å². The van der Waals surface area contributed by atoms with Gasteiger partial charge in [0.1, 0.15) is 11.6 Å². The lowest BCUT2D eigenvalue weighted by molar-refractivity contribution is -0.219. The molecule has 0 saturated carbocycles. The predicted octanol–water partition coefficient (Wildman–Crippen LogP) is 0.607. The van der Waals surface area contributed by atoms with Gasteiger partial charge >= 0.3 is 14.0 Å². The van der Waals surface area contributed by atoms with Gasteiger partial charge in [0.2, 0.25) is 0 Å². The topological polar surface area (TPSA) is 36.9 Å². The van der Waals surface area contributed by atoms with E-state index in [9.17, 15) is 0 Å². The van der Waals surface area contributed by atoms with E-state index in [0.29, 0.717) is 0 Å². The van der Waals surface area contributed by atoms with E-state index >= 15 is 0 Å². The van der Waals surface area contributed by atoms with Gasteiger partial charge in [0.05, 0.1) is 0 Å². The lowest BCUT2D eigenvalue weighted by Crippen LogP contribution is -2.70. The first kappa shape index (κ1) is 8.56. The van der Waals surface area contributed by atoms with Crippen LogP contribution in [0.3, 0.4) is 0 Å². The molecule has 0 aromatic heterocycles. The van der Waals surface area contributed by atoms with Gasteiger partial charge in [-0.15, -0.1) is 0 Å². The Morgan fingerprint density at radius 3 is 1.08 bits per heavy atom. The minimum Gasteiger partial charge on any atom is -0.386 e. The van der Waals surface area contributed by atoms with E-state index in [0.717, 1.165) is 0 Å². The summed E-state index contributed by atoms with van der Waals surface area (Å²) < 4.78 is 21.4. The maximum Gasteiger partial charge on any atom is 0.492 e. The predicted molar refractivity (Wildman–Crippen MR) is 44.0 cm³/mol. The van der Waals surface area contributed by atoms with Crippen molar-refractivity contribution in [3.8, 4) is 0 Å². The minimum absolute atomic E-state index is 0.354. The molecule has 0 spiro atoms. The van der Waals surface area contributed by atoms with Gasteiger partial charge in [-0.25, -0.2) is 0 Å². The molecular weight excluding hydrogens is 158 g/mol. The Kier molecular flexibility index (Phi) is 1.61. The van der Waals surface area contributed by atoms with Crippen molar-refractivity contribution in [2.24, 2.45) is 0 Å². The molecule has 2 saturated heterocycles. The molecule has 2 aliphatic heterocycles. The van der Waals surface area contributed by atoms with Crippen LogP contribution in [0, 0.1) is 0 Å². The fourth-order valence-electron chi connectivity index (χ4n) is 1.36. The molecule has 0 aromatic carbocycles. The van der Waals surface area contributed by atoms with Gasteiger partial charge in [-0.3, -0.25) is 0 Å². The van der Waals surface area contributed by atoms with Crippen LogP contribution in [0.4, 0.5) is 0 Å². The number of hydrogen-bond acceptors (Lipinski definition) is 4.